The summed E-state index contributed by atoms with van der Waals surface area (Å²) in [6, 6.07) is 4.12. The molecule has 96 valence electrons. The highest BCUT2D eigenvalue weighted by Crippen LogP contribution is 2.16. The Balaban J connectivity index is 2.61. The monoisotopic (exact) mass is 261 g/mol. The first-order chi connectivity index (χ1) is 7.96. The fraction of sp³-hybridized carbons (Fsp3) is 0.455. The van der Waals surface area contributed by atoms with Crippen LogP contribution in [0.5, 0.6) is 5.75 Å². The molecule has 0 saturated heterocycles. The highest BCUT2D eigenvalue weighted by molar-refractivity contribution is 7.91. The summed E-state index contributed by atoms with van der Waals surface area (Å²) in [6.45, 7) is 1.80. The summed E-state index contributed by atoms with van der Waals surface area (Å²) in [7, 11) is -3.06. The molecule has 0 radical (unpaired) electrons. The third kappa shape index (κ3) is 4.70. The van der Waals surface area contributed by atoms with E-state index in [0.717, 1.165) is 0 Å². The summed E-state index contributed by atoms with van der Waals surface area (Å²) in [5.74, 6) is -0.135. The second-order valence-corrected chi connectivity index (χ2v) is 6.06. The number of benzene rings is 1. The lowest BCUT2D eigenvalue weighted by Gasteiger charge is -2.07. The van der Waals surface area contributed by atoms with Gasteiger partial charge in [0.2, 0.25) is 0 Å². The van der Waals surface area contributed by atoms with Crippen molar-refractivity contribution in [1.82, 2.24) is 0 Å². The molecule has 0 aromatic heterocycles. The number of hydrogen-bond acceptors (Lipinski definition) is 4. The fourth-order valence-electron chi connectivity index (χ4n) is 1.25. The van der Waals surface area contributed by atoms with Gasteiger partial charge in [-0.2, -0.15) is 0 Å². The summed E-state index contributed by atoms with van der Waals surface area (Å²) in [5.41, 5.74) is 6.00. The summed E-state index contributed by atoms with van der Waals surface area (Å²) in [4.78, 5) is 0. The molecular weight excluding hydrogens is 245 g/mol. The lowest BCUT2D eigenvalue weighted by molar-refractivity contribution is 0.338. The maximum Gasteiger partial charge on any atom is 0.153 e. The third-order valence-electron chi connectivity index (χ3n) is 2.27. The second kappa shape index (κ2) is 5.97. The van der Waals surface area contributed by atoms with Crippen LogP contribution in [0.3, 0.4) is 0 Å². The van der Waals surface area contributed by atoms with Crippen molar-refractivity contribution in [2.45, 2.75) is 13.5 Å². The Hall–Kier alpha value is -1.14. The molecule has 0 bridgehead atoms. The van der Waals surface area contributed by atoms with Crippen LogP contribution < -0.4 is 10.5 Å². The predicted octanol–water partition coefficient (Wildman–Crippen LogP) is 1.10. The molecule has 0 spiro atoms. The highest BCUT2D eigenvalue weighted by atomic mass is 32.2. The molecule has 1 rings (SSSR count). The number of hydrogen-bond donors (Lipinski definition) is 1. The zero-order valence-corrected chi connectivity index (χ0v) is 10.5. The molecule has 0 amide bonds. The maximum atomic E-state index is 13.1. The smallest absolute Gasteiger partial charge is 0.153 e. The Kier molecular flexibility index (Phi) is 4.89. The van der Waals surface area contributed by atoms with Crippen LogP contribution in [0.4, 0.5) is 4.39 Å². The topological polar surface area (TPSA) is 69.4 Å². The first-order valence-electron chi connectivity index (χ1n) is 5.29. The Bertz CT molecular complexity index is 474. The molecular formula is C11H16FNO3S. The quantitative estimate of drug-likeness (QED) is 0.832. The molecule has 4 nitrogen and oxygen atoms in total. The van der Waals surface area contributed by atoms with E-state index in [0.29, 0.717) is 11.3 Å². The molecule has 0 atom stereocenters. The summed E-state index contributed by atoms with van der Waals surface area (Å²) < 4.78 is 40.7. The van der Waals surface area contributed by atoms with E-state index >= 15 is 0 Å². The normalized spacial score (nSPS) is 11.5. The number of nitrogens with two attached hydrogens (primary N) is 1. The zero-order chi connectivity index (χ0) is 12.9. The van der Waals surface area contributed by atoms with Crippen LogP contribution in [0.2, 0.25) is 0 Å². The van der Waals surface area contributed by atoms with Crippen LogP contribution in [-0.2, 0) is 16.4 Å². The Labute approximate surface area is 101 Å². The minimum Gasteiger partial charge on any atom is -0.492 e. The lowest BCUT2D eigenvalue weighted by Crippen LogP contribution is -2.15. The zero-order valence-electron chi connectivity index (χ0n) is 9.65. The average Bonchev–Trinajstić information content (AvgIpc) is 2.28. The summed E-state index contributed by atoms with van der Waals surface area (Å²) in [5, 5.41) is 0. The van der Waals surface area contributed by atoms with Crippen molar-refractivity contribution >= 4 is 9.84 Å². The molecule has 0 aliphatic carbocycles. The van der Waals surface area contributed by atoms with Crippen molar-refractivity contribution in [2.24, 2.45) is 5.73 Å². The molecule has 1 aromatic rings. The molecule has 17 heavy (non-hydrogen) atoms. The maximum absolute atomic E-state index is 13.1. The SMILES string of the molecule is CCS(=O)(=O)CCOc1cc(F)cc(CN)c1. The van der Waals surface area contributed by atoms with Crippen molar-refractivity contribution in [3.63, 3.8) is 0 Å². The molecule has 0 fully saturated rings. The Morgan fingerprint density at radius 3 is 2.65 bits per heavy atom. The van der Waals surface area contributed by atoms with Crippen molar-refractivity contribution in [2.75, 3.05) is 18.1 Å². The van der Waals surface area contributed by atoms with Gasteiger partial charge in [-0.3, -0.25) is 0 Å². The lowest BCUT2D eigenvalue weighted by atomic mass is 10.2. The first-order valence-corrected chi connectivity index (χ1v) is 7.11. The van der Waals surface area contributed by atoms with Gasteiger partial charge in [-0.05, 0) is 17.7 Å². The van der Waals surface area contributed by atoms with Gasteiger partial charge in [-0.15, -0.1) is 0 Å². The van der Waals surface area contributed by atoms with Gasteiger partial charge in [0.25, 0.3) is 0 Å². The third-order valence-corrected chi connectivity index (χ3v) is 3.94. The highest BCUT2D eigenvalue weighted by Gasteiger charge is 2.08. The number of ether oxygens (including phenoxy) is 1. The number of sulfone groups is 1. The largest absolute Gasteiger partial charge is 0.492 e. The summed E-state index contributed by atoms with van der Waals surface area (Å²) >= 11 is 0. The van der Waals surface area contributed by atoms with Crippen LogP contribution in [-0.4, -0.2) is 26.5 Å². The van der Waals surface area contributed by atoms with Crippen molar-refractivity contribution in [1.29, 1.82) is 0 Å². The van der Waals surface area contributed by atoms with E-state index in [4.69, 9.17) is 10.5 Å². The molecule has 0 heterocycles. The Morgan fingerprint density at radius 1 is 1.35 bits per heavy atom. The minimum absolute atomic E-state index is 0.0175. The van der Waals surface area contributed by atoms with E-state index < -0.39 is 15.7 Å². The van der Waals surface area contributed by atoms with Crippen LogP contribution in [0, 0.1) is 5.82 Å². The van der Waals surface area contributed by atoms with Crippen molar-refractivity contribution < 1.29 is 17.5 Å². The van der Waals surface area contributed by atoms with E-state index in [-0.39, 0.29) is 24.7 Å². The fourth-order valence-corrected chi connectivity index (χ4v) is 1.88. The van der Waals surface area contributed by atoms with E-state index in [1.807, 2.05) is 0 Å². The standard InChI is InChI=1S/C11H16FNO3S/c1-2-17(14,15)4-3-16-11-6-9(8-13)5-10(12)7-11/h5-7H,2-4,8,13H2,1H3. The molecule has 0 saturated carbocycles. The van der Waals surface area contributed by atoms with E-state index in [1.165, 1.54) is 12.1 Å². The van der Waals surface area contributed by atoms with Crippen molar-refractivity contribution in [3.05, 3.63) is 29.6 Å². The van der Waals surface area contributed by atoms with Gasteiger partial charge in [-0.25, -0.2) is 12.8 Å². The van der Waals surface area contributed by atoms with Gasteiger partial charge < -0.3 is 10.5 Å². The van der Waals surface area contributed by atoms with E-state index in [2.05, 4.69) is 0 Å². The number of rotatable bonds is 6. The molecule has 1 aromatic carbocycles. The second-order valence-electron chi connectivity index (χ2n) is 3.58. The van der Waals surface area contributed by atoms with Gasteiger partial charge in [0.1, 0.15) is 18.2 Å². The average molecular weight is 261 g/mol. The van der Waals surface area contributed by atoms with Crippen LogP contribution in [0.1, 0.15) is 12.5 Å². The molecule has 2 N–H and O–H groups in total. The van der Waals surface area contributed by atoms with Gasteiger partial charge >= 0.3 is 0 Å². The van der Waals surface area contributed by atoms with Crippen molar-refractivity contribution in [3.8, 4) is 5.75 Å². The van der Waals surface area contributed by atoms with Gasteiger partial charge in [-0.1, -0.05) is 6.92 Å². The van der Waals surface area contributed by atoms with Gasteiger partial charge in [0.15, 0.2) is 9.84 Å². The minimum atomic E-state index is -3.06. The molecule has 0 aliphatic heterocycles. The molecule has 0 aliphatic rings. The van der Waals surface area contributed by atoms with E-state index in [9.17, 15) is 12.8 Å². The molecule has 0 unspecified atom stereocenters. The molecule has 6 heteroatoms. The number of halogens is 1. The van der Waals surface area contributed by atoms with Crippen LogP contribution in [0.15, 0.2) is 18.2 Å². The summed E-state index contributed by atoms with van der Waals surface area (Å²) in [6.07, 6.45) is 0. The van der Waals surface area contributed by atoms with E-state index in [1.54, 1.807) is 13.0 Å². The van der Waals surface area contributed by atoms with Crippen LogP contribution in [0.25, 0.3) is 0 Å². The first kappa shape index (κ1) is 13.9. The van der Waals surface area contributed by atoms with Gasteiger partial charge in [0, 0.05) is 18.4 Å². The van der Waals surface area contributed by atoms with Gasteiger partial charge in [0.05, 0.1) is 5.75 Å². The Morgan fingerprint density at radius 2 is 2.06 bits per heavy atom. The van der Waals surface area contributed by atoms with Crippen LogP contribution >= 0.6 is 0 Å². The predicted molar refractivity (Wildman–Crippen MR) is 64.1 cm³/mol.